The van der Waals surface area contributed by atoms with Crippen molar-refractivity contribution in [1.29, 1.82) is 0 Å². The highest BCUT2D eigenvalue weighted by molar-refractivity contribution is 6.07. The maximum absolute atomic E-state index is 13.6. The molecule has 2 fully saturated rings. The molecule has 1 amide bonds. The van der Waals surface area contributed by atoms with Gasteiger partial charge in [-0.1, -0.05) is 0 Å². The van der Waals surface area contributed by atoms with Crippen LogP contribution in [0.2, 0.25) is 0 Å². The lowest BCUT2D eigenvalue weighted by Gasteiger charge is -2.35. The van der Waals surface area contributed by atoms with Gasteiger partial charge in [-0.25, -0.2) is 0 Å². The molecule has 2 saturated heterocycles. The number of benzene rings is 1. The Morgan fingerprint density at radius 1 is 1.17 bits per heavy atom. The number of nitrogens with one attached hydrogen (secondary N) is 1. The summed E-state index contributed by atoms with van der Waals surface area (Å²) in [5.74, 6) is 0.0544. The molecule has 35 heavy (non-hydrogen) atoms. The van der Waals surface area contributed by atoms with E-state index in [2.05, 4.69) is 15.0 Å². The molecule has 188 valence electrons. The highest BCUT2D eigenvalue weighted by Crippen LogP contribution is 2.29. The number of hydrogen-bond acceptors (Lipinski definition) is 6. The topological polar surface area (TPSA) is 92.7 Å². The highest BCUT2D eigenvalue weighted by Gasteiger charge is 2.26. The van der Waals surface area contributed by atoms with Crippen LogP contribution in [-0.4, -0.2) is 90.1 Å². The van der Waals surface area contributed by atoms with E-state index in [9.17, 15) is 9.59 Å². The van der Waals surface area contributed by atoms with Gasteiger partial charge in [0.25, 0.3) is 11.5 Å². The number of nitrogens with zero attached hydrogens (tertiary/aromatic N) is 4. The zero-order chi connectivity index (χ0) is 24.4. The zero-order valence-electron chi connectivity index (χ0n) is 20.7. The lowest BCUT2D eigenvalue weighted by atomic mass is 10.0. The molecule has 3 aromatic rings. The molecule has 1 aromatic carbocycles. The largest absolute Gasteiger partial charge is 0.385 e. The fourth-order valence-electron chi connectivity index (χ4n) is 5.32. The fraction of sp³-hybridized carbons (Fsp3) is 0.577. The Bertz CT molecular complexity index is 1250. The molecule has 4 heterocycles. The summed E-state index contributed by atoms with van der Waals surface area (Å²) in [6.45, 7) is 8.36. The molecule has 0 saturated carbocycles. The molecular weight excluding hydrogens is 446 g/mol. The Balaban J connectivity index is 1.37. The minimum Gasteiger partial charge on any atom is -0.385 e. The second-order valence-corrected chi connectivity index (χ2v) is 9.72. The minimum atomic E-state index is -0.158. The van der Waals surface area contributed by atoms with Crippen molar-refractivity contribution < 1.29 is 14.3 Å². The third kappa shape index (κ3) is 4.85. The van der Waals surface area contributed by atoms with Gasteiger partial charge in [-0.3, -0.25) is 19.2 Å². The van der Waals surface area contributed by atoms with E-state index in [0.717, 1.165) is 80.6 Å². The number of aromatic amines is 1. The molecule has 1 atom stereocenters. The van der Waals surface area contributed by atoms with Gasteiger partial charge in [0, 0.05) is 57.5 Å². The summed E-state index contributed by atoms with van der Waals surface area (Å²) >= 11 is 0. The number of amides is 1. The van der Waals surface area contributed by atoms with E-state index < -0.39 is 0 Å². The van der Waals surface area contributed by atoms with Gasteiger partial charge in [-0.2, -0.15) is 5.10 Å². The summed E-state index contributed by atoms with van der Waals surface area (Å²) in [7, 11) is 1.74. The van der Waals surface area contributed by atoms with E-state index in [0.29, 0.717) is 24.2 Å². The second-order valence-electron chi connectivity index (χ2n) is 9.72. The van der Waals surface area contributed by atoms with E-state index in [-0.39, 0.29) is 17.5 Å². The van der Waals surface area contributed by atoms with Crippen LogP contribution in [-0.2, 0) is 9.47 Å². The van der Waals surface area contributed by atoms with Crippen LogP contribution in [0.3, 0.4) is 0 Å². The minimum absolute atomic E-state index is 0.0544. The Kier molecular flexibility index (Phi) is 7.17. The van der Waals surface area contributed by atoms with Crippen molar-refractivity contribution in [1.82, 2.24) is 24.6 Å². The van der Waals surface area contributed by atoms with Gasteiger partial charge in [-0.05, 0) is 56.8 Å². The van der Waals surface area contributed by atoms with Crippen molar-refractivity contribution in [2.24, 2.45) is 0 Å². The van der Waals surface area contributed by atoms with Gasteiger partial charge >= 0.3 is 0 Å². The second kappa shape index (κ2) is 10.5. The Hall–Kier alpha value is -2.75. The number of rotatable bonds is 8. The highest BCUT2D eigenvalue weighted by atomic mass is 16.5. The van der Waals surface area contributed by atoms with Crippen LogP contribution in [0.25, 0.3) is 21.8 Å². The number of pyridine rings is 1. The van der Waals surface area contributed by atoms with E-state index in [1.807, 2.05) is 28.6 Å². The van der Waals surface area contributed by atoms with Crippen molar-refractivity contribution in [3.05, 3.63) is 39.8 Å². The van der Waals surface area contributed by atoms with Gasteiger partial charge in [0.15, 0.2) is 0 Å². The predicted octanol–water partition coefficient (Wildman–Crippen LogP) is 2.72. The lowest BCUT2D eigenvalue weighted by molar-refractivity contribution is 0.0633. The van der Waals surface area contributed by atoms with Gasteiger partial charge in [0.2, 0.25) is 0 Å². The third-order valence-electron chi connectivity index (χ3n) is 7.37. The number of carbonyl (C=O) groups is 1. The van der Waals surface area contributed by atoms with Crippen LogP contribution in [0.5, 0.6) is 0 Å². The molecule has 2 aliphatic heterocycles. The fourth-order valence-corrected chi connectivity index (χ4v) is 5.32. The number of aryl methyl sites for hydroxylation is 1. The molecular formula is C26H35N5O4. The average Bonchev–Trinajstić information content (AvgIpc) is 3.54. The molecule has 0 unspecified atom stereocenters. The summed E-state index contributed by atoms with van der Waals surface area (Å²) in [4.78, 5) is 33.7. The number of fused-ring (bicyclic) bond motifs is 3. The summed E-state index contributed by atoms with van der Waals surface area (Å²) < 4.78 is 12.6. The molecule has 2 aromatic heterocycles. The summed E-state index contributed by atoms with van der Waals surface area (Å²) in [6.07, 6.45) is 5.92. The number of ether oxygens (including phenoxy) is 2. The van der Waals surface area contributed by atoms with Crippen LogP contribution in [0, 0.1) is 6.92 Å². The molecule has 9 nitrogen and oxygen atoms in total. The normalized spacial score (nSPS) is 19.3. The van der Waals surface area contributed by atoms with Crippen LogP contribution >= 0.6 is 0 Å². The number of methoxy groups -OCH3 is 1. The summed E-state index contributed by atoms with van der Waals surface area (Å²) in [5, 5.41) is 5.93. The first-order chi connectivity index (χ1) is 17.1. The maximum Gasteiger partial charge on any atom is 0.259 e. The van der Waals surface area contributed by atoms with Gasteiger partial charge in [0.1, 0.15) is 0 Å². The maximum atomic E-state index is 13.6. The van der Waals surface area contributed by atoms with E-state index in [1.165, 1.54) is 6.42 Å². The van der Waals surface area contributed by atoms with Crippen LogP contribution in [0.4, 0.5) is 0 Å². The van der Waals surface area contributed by atoms with Crippen molar-refractivity contribution >= 4 is 27.7 Å². The van der Waals surface area contributed by atoms with Crippen molar-refractivity contribution in [3.63, 3.8) is 0 Å². The standard InChI is InChI=1S/C26H35N5O4/c1-18-14-23-21(24-22(25(32)28-23)16-27-31(24)19-6-13-35-17-19)15-20(18)26(33)30-10-8-29(9-11-30)7-4-3-5-12-34-2/h14-16,19H,3-13,17H2,1-2H3,(H,28,32)/t19-/m0/s1. The quantitative estimate of drug-likeness (QED) is 0.498. The number of piperazine rings is 1. The van der Waals surface area contributed by atoms with Crippen molar-refractivity contribution in [2.75, 3.05) is 59.7 Å². The zero-order valence-corrected chi connectivity index (χ0v) is 20.7. The summed E-state index contributed by atoms with van der Waals surface area (Å²) in [5.41, 5.74) is 2.92. The monoisotopic (exact) mass is 481 g/mol. The van der Waals surface area contributed by atoms with Gasteiger partial charge in [0.05, 0.1) is 35.3 Å². The van der Waals surface area contributed by atoms with E-state index >= 15 is 0 Å². The number of unbranched alkanes of at least 4 members (excludes halogenated alkanes) is 2. The first kappa shape index (κ1) is 24.0. The van der Waals surface area contributed by atoms with Gasteiger partial charge in [-0.15, -0.1) is 0 Å². The van der Waals surface area contributed by atoms with E-state index in [4.69, 9.17) is 9.47 Å². The molecule has 2 aliphatic rings. The lowest BCUT2D eigenvalue weighted by Crippen LogP contribution is -2.49. The Morgan fingerprint density at radius 3 is 2.74 bits per heavy atom. The summed E-state index contributed by atoms with van der Waals surface area (Å²) in [6, 6.07) is 3.96. The number of aromatic nitrogens is 3. The predicted molar refractivity (Wildman–Crippen MR) is 135 cm³/mol. The molecule has 0 radical (unpaired) electrons. The van der Waals surface area contributed by atoms with Crippen molar-refractivity contribution in [2.45, 2.75) is 38.6 Å². The third-order valence-corrected chi connectivity index (χ3v) is 7.37. The SMILES string of the molecule is COCCCCCN1CCN(C(=O)c2cc3c(cc2C)[nH]c(=O)c2cnn([C@H]4CCOC4)c23)CC1. The molecule has 0 spiro atoms. The Morgan fingerprint density at radius 2 is 2.00 bits per heavy atom. The average molecular weight is 482 g/mol. The first-order valence-electron chi connectivity index (χ1n) is 12.7. The van der Waals surface area contributed by atoms with Crippen molar-refractivity contribution in [3.8, 4) is 0 Å². The number of carbonyl (C=O) groups excluding carboxylic acids is 1. The number of hydrogen-bond donors (Lipinski definition) is 1. The molecule has 9 heteroatoms. The smallest absolute Gasteiger partial charge is 0.259 e. The van der Waals surface area contributed by atoms with Crippen LogP contribution < -0.4 is 5.56 Å². The van der Waals surface area contributed by atoms with Crippen LogP contribution in [0.1, 0.15) is 47.6 Å². The molecule has 1 N–H and O–H groups in total. The Labute approximate surface area is 205 Å². The molecule has 0 bridgehead atoms. The molecule has 5 rings (SSSR count). The number of H-pyrrole nitrogens is 1. The van der Waals surface area contributed by atoms with Gasteiger partial charge < -0.3 is 19.4 Å². The van der Waals surface area contributed by atoms with Crippen LogP contribution in [0.15, 0.2) is 23.1 Å². The molecule has 0 aliphatic carbocycles. The van der Waals surface area contributed by atoms with E-state index in [1.54, 1.807) is 13.3 Å². The first-order valence-corrected chi connectivity index (χ1v) is 12.7.